The van der Waals surface area contributed by atoms with Crippen molar-refractivity contribution >= 4 is 27.5 Å². The number of carbonyl (C=O) groups is 1. The Morgan fingerprint density at radius 3 is 2.63 bits per heavy atom. The fourth-order valence-electron chi connectivity index (χ4n) is 2.28. The zero-order chi connectivity index (χ0) is 13.8. The van der Waals surface area contributed by atoms with E-state index in [1.54, 1.807) is 19.1 Å². The number of amides is 1. The lowest BCUT2D eigenvalue weighted by molar-refractivity contribution is -0.138. The van der Waals surface area contributed by atoms with Crippen LogP contribution in [0, 0.1) is 0 Å². The van der Waals surface area contributed by atoms with Crippen LogP contribution in [-0.4, -0.2) is 30.0 Å². The van der Waals surface area contributed by atoms with Crippen molar-refractivity contribution in [2.45, 2.75) is 32.3 Å². The van der Waals surface area contributed by atoms with Crippen LogP contribution >= 0.6 is 15.9 Å². The van der Waals surface area contributed by atoms with Crippen LogP contribution in [0.25, 0.3) is 0 Å². The molecule has 2 N–H and O–H groups in total. The summed E-state index contributed by atoms with van der Waals surface area (Å²) < 4.78 is 6.54. The van der Waals surface area contributed by atoms with Crippen molar-refractivity contribution in [2.75, 3.05) is 18.8 Å². The number of halogens is 1. The van der Waals surface area contributed by atoms with Crippen LogP contribution in [-0.2, 0) is 4.79 Å². The number of nitrogens with two attached hydrogens (primary N) is 1. The lowest BCUT2D eigenvalue weighted by atomic mass is 10.1. The largest absolute Gasteiger partial charge is 0.481 e. The first-order valence-corrected chi connectivity index (χ1v) is 7.37. The summed E-state index contributed by atoms with van der Waals surface area (Å²) in [5, 5.41) is 0. The maximum atomic E-state index is 12.2. The smallest absolute Gasteiger partial charge is 0.263 e. The summed E-state index contributed by atoms with van der Waals surface area (Å²) in [6.45, 7) is 3.47. The second-order valence-corrected chi connectivity index (χ2v) is 5.78. The van der Waals surface area contributed by atoms with Gasteiger partial charge in [-0.15, -0.1) is 0 Å². The van der Waals surface area contributed by atoms with Crippen LogP contribution in [0.1, 0.15) is 26.2 Å². The molecule has 1 fully saturated rings. The number of hydrogen-bond acceptors (Lipinski definition) is 3. The van der Waals surface area contributed by atoms with E-state index < -0.39 is 6.10 Å². The van der Waals surface area contributed by atoms with Gasteiger partial charge in [-0.25, -0.2) is 0 Å². The number of anilines is 1. The van der Waals surface area contributed by atoms with Crippen molar-refractivity contribution in [1.82, 2.24) is 4.90 Å². The predicted octanol–water partition coefficient (Wildman–Crippen LogP) is 2.81. The Balaban J connectivity index is 1.99. The van der Waals surface area contributed by atoms with Gasteiger partial charge in [-0.1, -0.05) is 15.9 Å². The fourth-order valence-corrected chi connectivity index (χ4v) is 2.77. The summed E-state index contributed by atoms with van der Waals surface area (Å²) in [5.41, 5.74) is 6.36. The van der Waals surface area contributed by atoms with Crippen molar-refractivity contribution in [3.8, 4) is 5.75 Å². The van der Waals surface area contributed by atoms with Crippen molar-refractivity contribution in [3.63, 3.8) is 0 Å². The van der Waals surface area contributed by atoms with Gasteiger partial charge in [0.05, 0.1) is 0 Å². The van der Waals surface area contributed by atoms with Crippen molar-refractivity contribution in [1.29, 1.82) is 0 Å². The normalized spacial score (nSPS) is 17.1. The molecule has 2 rings (SSSR count). The number of piperidine rings is 1. The number of hydrogen-bond donors (Lipinski definition) is 1. The Bertz CT molecular complexity index is 439. The lowest BCUT2D eigenvalue weighted by Crippen LogP contribution is -2.43. The number of rotatable bonds is 3. The average molecular weight is 327 g/mol. The van der Waals surface area contributed by atoms with Gasteiger partial charge >= 0.3 is 0 Å². The first kappa shape index (κ1) is 14.2. The summed E-state index contributed by atoms with van der Waals surface area (Å²) in [6.07, 6.45) is 2.90. The number of carbonyl (C=O) groups excluding carboxylic acids is 1. The molecule has 1 heterocycles. The highest BCUT2D eigenvalue weighted by Gasteiger charge is 2.23. The minimum atomic E-state index is -0.480. The van der Waals surface area contributed by atoms with Gasteiger partial charge < -0.3 is 15.4 Å². The molecule has 1 aliphatic heterocycles. The van der Waals surface area contributed by atoms with Gasteiger partial charge in [0.1, 0.15) is 5.75 Å². The number of likely N-dealkylation sites (tertiary alicyclic amines) is 1. The number of nitrogens with zero attached hydrogens (tertiary/aromatic N) is 1. The first-order chi connectivity index (χ1) is 9.06. The second-order valence-electron chi connectivity index (χ2n) is 4.87. The molecule has 4 nitrogen and oxygen atoms in total. The van der Waals surface area contributed by atoms with E-state index in [9.17, 15) is 4.79 Å². The molecule has 0 aliphatic carbocycles. The van der Waals surface area contributed by atoms with Crippen LogP contribution in [0.5, 0.6) is 5.75 Å². The van der Waals surface area contributed by atoms with Crippen molar-refractivity contribution in [3.05, 3.63) is 22.7 Å². The third-order valence-corrected chi connectivity index (χ3v) is 3.68. The van der Waals surface area contributed by atoms with Gasteiger partial charge in [0.25, 0.3) is 5.91 Å². The Labute approximate surface area is 122 Å². The summed E-state index contributed by atoms with van der Waals surface area (Å²) in [7, 11) is 0. The summed E-state index contributed by atoms with van der Waals surface area (Å²) in [4.78, 5) is 14.1. The minimum Gasteiger partial charge on any atom is -0.481 e. The average Bonchev–Trinajstić information content (AvgIpc) is 2.37. The quantitative estimate of drug-likeness (QED) is 0.869. The maximum absolute atomic E-state index is 12.2. The van der Waals surface area contributed by atoms with Crippen molar-refractivity contribution in [2.24, 2.45) is 0 Å². The second kappa shape index (κ2) is 6.28. The number of benzene rings is 1. The van der Waals surface area contributed by atoms with Crippen LogP contribution in [0.15, 0.2) is 22.7 Å². The van der Waals surface area contributed by atoms with Gasteiger partial charge in [-0.3, -0.25) is 4.79 Å². The van der Waals surface area contributed by atoms with E-state index >= 15 is 0 Å². The molecule has 1 unspecified atom stereocenters. The molecule has 1 aromatic rings. The third kappa shape index (κ3) is 3.86. The van der Waals surface area contributed by atoms with Gasteiger partial charge in [-0.2, -0.15) is 0 Å². The lowest BCUT2D eigenvalue weighted by Gasteiger charge is -2.29. The molecule has 1 atom stereocenters. The topological polar surface area (TPSA) is 55.6 Å². The van der Waals surface area contributed by atoms with Gasteiger partial charge in [0, 0.05) is 29.3 Å². The van der Waals surface area contributed by atoms with E-state index in [0.29, 0.717) is 11.4 Å². The van der Waals surface area contributed by atoms with E-state index in [1.807, 2.05) is 11.0 Å². The Morgan fingerprint density at radius 2 is 2.00 bits per heavy atom. The van der Waals surface area contributed by atoms with E-state index in [4.69, 9.17) is 10.5 Å². The molecule has 1 saturated heterocycles. The highest BCUT2D eigenvalue weighted by molar-refractivity contribution is 9.10. The van der Waals surface area contributed by atoms with Crippen LogP contribution in [0.3, 0.4) is 0 Å². The van der Waals surface area contributed by atoms with E-state index in [1.165, 1.54) is 6.42 Å². The molecular weight excluding hydrogens is 308 g/mol. The summed E-state index contributed by atoms with van der Waals surface area (Å²) in [5.74, 6) is 0.669. The maximum Gasteiger partial charge on any atom is 0.263 e. The molecule has 0 bridgehead atoms. The SMILES string of the molecule is CC(Oc1cc(N)cc(Br)c1)C(=O)N1CCCCC1. The molecule has 0 spiro atoms. The van der Waals surface area contributed by atoms with E-state index in [-0.39, 0.29) is 5.91 Å². The fraction of sp³-hybridized carbons (Fsp3) is 0.500. The minimum absolute atomic E-state index is 0.0539. The molecule has 0 saturated carbocycles. The highest BCUT2D eigenvalue weighted by atomic mass is 79.9. The van der Waals surface area contributed by atoms with Gasteiger partial charge in [-0.05, 0) is 38.3 Å². The van der Waals surface area contributed by atoms with Crippen molar-refractivity contribution < 1.29 is 9.53 Å². The molecule has 104 valence electrons. The Hall–Kier alpha value is -1.23. The molecule has 1 aliphatic rings. The monoisotopic (exact) mass is 326 g/mol. The Kier molecular flexibility index (Phi) is 4.69. The van der Waals surface area contributed by atoms with E-state index in [2.05, 4.69) is 15.9 Å². The first-order valence-electron chi connectivity index (χ1n) is 6.58. The summed E-state index contributed by atoms with van der Waals surface area (Å²) >= 11 is 3.36. The highest BCUT2D eigenvalue weighted by Crippen LogP contribution is 2.24. The zero-order valence-electron chi connectivity index (χ0n) is 11.1. The molecule has 1 aromatic carbocycles. The Morgan fingerprint density at radius 1 is 1.32 bits per heavy atom. The van der Waals surface area contributed by atoms with Crippen LogP contribution in [0.4, 0.5) is 5.69 Å². The number of ether oxygens (including phenoxy) is 1. The molecule has 0 aromatic heterocycles. The van der Waals surface area contributed by atoms with Crippen LogP contribution < -0.4 is 10.5 Å². The van der Waals surface area contributed by atoms with E-state index in [0.717, 1.165) is 30.4 Å². The standard InChI is InChI=1S/C14H19BrN2O2/c1-10(14(18)17-5-3-2-4-6-17)19-13-8-11(15)7-12(16)9-13/h7-10H,2-6,16H2,1H3. The molecular formula is C14H19BrN2O2. The molecule has 0 radical (unpaired) electrons. The number of nitrogen functional groups attached to an aromatic ring is 1. The molecule has 19 heavy (non-hydrogen) atoms. The molecule has 1 amide bonds. The predicted molar refractivity (Wildman–Crippen MR) is 79.1 cm³/mol. The third-order valence-electron chi connectivity index (χ3n) is 3.22. The van der Waals surface area contributed by atoms with Gasteiger partial charge in [0.15, 0.2) is 6.10 Å². The van der Waals surface area contributed by atoms with Crippen LogP contribution in [0.2, 0.25) is 0 Å². The zero-order valence-corrected chi connectivity index (χ0v) is 12.6. The summed E-state index contributed by atoms with van der Waals surface area (Å²) in [6, 6.07) is 5.34. The molecule has 5 heteroatoms. The van der Waals surface area contributed by atoms with Gasteiger partial charge in [0.2, 0.25) is 0 Å².